The van der Waals surface area contributed by atoms with Crippen LogP contribution in [0.5, 0.6) is 0 Å². The summed E-state index contributed by atoms with van der Waals surface area (Å²) in [6.07, 6.45) is 3.57. The van der Waals surface area contributed by atoms with Crippen molar-refractivity contribution in [1.82, 2.24) is 10.6 Å². The molecule has 0 radical (unpaired) electrons. The lowest BCUT2D eigenvalue weighted by Crippen LogP contribution is -2.41. The third kappa shape index (κ3) is 3.78. The lowest BCUT2D eigenvalue weighted by atomic mass is 9.85. The highest BCUT2D eigenvalue weighted by Crippen LogP contribution is 2.24. The van der Waals surface area contributed by atoms with E-state index in [1.54, 1.807) is 0 Å². The highest BCUT2D eigenvalue weighted by atomic mass is 16.4. The quantitative estimate of drug-likeness (QED) is 0.585. The van der Waals surface area contributed by atoms with Crippen molar-refractivity contribution in [3.63, 3.8) is 0 Å². The average Bonchev–Trinajstić information content (AvgIpc) is 1.98. The fraction of sp³-hybridized carbons (Fsp3) is 0.750. The fourth-order valence-corrected chi connectivity index (χ4v) is 1.15. The molecule has 74 valence electrons. The zero-order valence-corrected chi connectivity index (χ0v) is 7.38. The molecule has 0 spiro atoms. The summed E-state index contributed by atoms with van der Waals surface area (Å²) in [7, 11) is 0. The Hall–Kier alpha value is -1.26. The summed E-state index contributed by atoms with van der Waals surface area (Å²) in [6.45, 7) is 0.335. The maximum absolute atomic E-state index is 10.9. The van der Waals surface area contributed by atoms with Crippen LogP contribution in [0.4, 0.5) is 4.79 Å². The Kier molecular flexibility index (Phi) is 3.54. The Morgan fingerprint density at radius 2 is 2.00 bits per heavy atom. The highest BCUT2D eigenvalue weighted by molar-refractivity contribution is 5.79. The van der Waals surface area contributed by atoms with Crippen LogP contribution in [-0.4, -0.2) is 30.2 Å². The first-order valence-electron chi connectivity index (χ1n) is 4.42. The second-order valence-corrected chi connectivity index (χ2v) is 3.25. The highest BCUT2D eigenvalue weighted by Gasteiger charge is 2.17. The molecular weight excluding hydrogens is 172 g/mol. The Morgan fingerprint density at radius 3 is 2.46 bits per heavy atom. The van der Waals surface area contributed by atoms with Crippen molar-refractivity contribution in [1.29, 1.82) is 0 Å². The normalized spacial score (nSPS) is 16.0. The monoisotopic (exact) mass is 186 g/mol. The predicted octanol–water partition coefficient (Wildman–Crippen LogP) is 0.170. The molecular formula is C8H14N2O3. The lowest BCUT2D eigenvalue weighted by Gasteiger charge is -2.25. The first-order chi connectivity index (χ1) is 6.18. The van der Waals surface area contributed by atoms with Crippen LogP contribution in [0.25, 0.3) is 0 Å². The standard InChI is InChI=1S/C8H14N2O3/c11-7(12)5-10-8(13)9-4-6-2-1-3-6/h6H,1-5H2,(H,11,12)(H2,9,10,13). The van der Waals surface area contributed by atoms with Crippen LogP contribution in [0.3, 0.4) is 0 Å². The van der Waals surface area contributed by atoms with Gasteiger partial charge < -0.3 is 15.7 Å². The Morgan fingerprint density at radius 1 is 1.31 bits per heavy atom. The van der Waals surface area contributed by atoms with E-state index in [9.17, 15) is 9.59 Å². The van der Waals surface area contributed by atoms with Crippen molar-refractivity contribution in [2.24, 2.45) is 5.92 Å². The van der Waals surface area contributed by atoms with E-state index >= 15 is 0 Å². The number of urea groups is 1. The van der Waals surface area contributed by atoms with Gasteiger partial charge in [-0.1, -0.05) is 6.42 Å². The van der Waals surface area contributed by atoms with Crippen LogP contribution in [0.15, 0.2) is 0 Å². The van der Waals surface area contributed by atoms with Gasteiger partial charge in [-0.05, 0) is 18.8 Å². The van der Waals surface area contributed by atoms with E-state index in [0.717, 1.165) is 0 Å². The van der Waals surface area contributed by atoms with Gasteiger partial charge in [-0.25, -0.2) is 4.79 Å². The summed E-state index contributed by atoms with van der Waals surface area (Å²) in [5.74, 6) is -0.436. The molecule has 5 heteroatoms. The third-order valence-corrected chi connectivity index (χ3v) is 2.18. The van der Waals surface area contributed by atoms with Gasteiger partial charge in [0.1, 0.15) is 6.54 Å². The second-order valence-electron chi connectivity index (χ2n) is 3.25. The van der Waals surface area contributed by atoms with Crippen LogP contribution in [0, 0.1) is 5.92 Å². The SMILES string of the molecule is O=C(O)CNC(=O)NCC1CCC1. The van der Waals surface area contributed by atoms with Crippen molar-refractivity contribution < 1.29 is 14.7 Å². The molecule has 0 aromatic carbocycles. The Balaban J connectivity index is 2.00. The molecule has 2 amide bonds. The van der Waals surface area contributed by atoms with Crippen molar-refractivity contribution in [3.05, 3.63) is 0 Å². The molecule has 0 bridgehead atoms. The van der Waals surface area contributed by atoms with E-state index in [0.29, 0.717) is 12.5 Å². The number of nitrogens with one attached hydrogen (secondary N) is 2. The Bertz CT molecular complexity index is 202. The molecule has 0 saturated heterocycles. The van der Waals surface area contributed by atoms with E-state index in [-0.39, 0.29) is 6.54 Å². The average molecular weight is 186 g/mol. The third-order valence-electron chi connectivity index (χ3n) is 2.18. The zero-order valence-electron chi connectivity index (χ0n) is 7.38. The number of hydrogen-bond donors (Lipinski definition) is 3. The number of carbonyl (C=O) groups excluding carboxylic acids is 1. The minimum Gasteiger partial charge on any atom is -0.480 e. The number of hydrogen-bond acceptors (Lipinski definition) is 2. The van der Waals surface area contributed by atoms with E-state index in [1.807, 2.05) is 0 Å². The first-order valence-corrected chi connectivity index (χ1v) is 4.42. The molecule has 0 atom stereocenters. The maximum Gasteiger partial charge on any atom is 0.323 e. The number of aliphatic carboxylic acids is 1. The molecule has 1 aliphatic rings. The Labute approximate surface area is 76.5 Å². The van der Waals surface area contributed by atoms with Crippen molar-refractivity contribution in [2.75, 3.05) is 13.1 Å². The molecule has 1 aliphatic carbocycles. The van der Waals surface area contributed by atoms with Crippen LogP contribution >= 0.6 is 0 Å². The number of carboxylic acids is 1. The van der Waals surface area contributed by atoms with Gasteiger partial charge in [0.15, 0.2) is 0 Å². The van der Waals surface area contributed by atoms with Gasteiger partial charge in [0.2, 0.25) is 0 Å². The zero-order chi connectivity index (χ0) is 9.68. The van der Waals surface area contributed by atoms with E-state index in [4.69, 9.17) is 5.11 Å². The van der Waals surface area contributed by atoms with E-state index in [1.165, 1.54) is 19.3 Å². The molecule has 1 rings (SSSR count). The summed E-state index contributed by atoms with van der Waals surface area (Å²) < 4.78 is 0. The van der Waals surface area contributed by atoms with Gasteiger partial charge in [0, 0.05) is 6.54 Å². The van der Waals surface area contributed by atoms with E-state index in [2.05, 4.69) is 10.6 Å². The van der Waals surface area contributed by atoms with Gasteiger partial charge in [0.25, 0.3) is 0 Å². The van der Waals surface area contributed by atoms with Crippen molar-refractivity contribution in [2.45, 2.75) is 19.3 Å². The fourth-order valence-electron chi connectivity index (χ4n) is 1.15. The molecule has 0 aliphatic heterocycles. The number of carbonyl (C=O) groups is 2. The number of rotatable bonds is 4. The minimum atomic E-state index is -1.03. The summed E-state index contributed by atoms with van der Waals surface area (Å²) in [4.78, 5) is 21.0. The lowest BCUT2D eigenvalue weighted by molar-refractivity contribution is -0.135. The molecule has 1 saturated carbocycles. The van der Waals surface area contributed by atoms with Gasteiger partial charge in [-0.3, -0.25) is 4.79 Å². The predicted molar refractivity (Wildman–Crippen MR) is 46.4 cm³/mol. The van der Waals surface area contributed by atoms with Gasteiger partial charge >= 0.3 is 12.0 Å². The largest absolute Gasteiger partial charge is 0.480 e. The topological polar surface area (TPSA) is 78.4 Å². The second kappa shape index (κ2) is 4.69. The maximum atomic E-state index is 10.9. The summed E-state index contributed by atoms with van der Waals surface area (Å²) in [5, 5.41) is 13.1. The van der Waals surface area contributed by atoms with Crippen LogP contribution in [0.1, 0.15) is 19.3 Å². The molecule has 0 unspecified atom stereocenters. The van der Waals surface area contributed by atoms with E-state index < -0.39 is 12.0 Å². The number of amides is 2. The van der Waals surface area contributed by atoms with Gasteiger partial charge in [0.05, 0.1) is 0 Å². The molecule has 5 nitrogen and oxygen atoms in total. The van der Waals surface area contributed by atoms with Crippen LogP contribution in [0.2, 0.25) is 0 Å². The smallest absolute Gasteiger partial charge is 0.323 e. The molecule has 0 aromatic heterocycles. The molecule has 1 fully saturated rings. The van der Waals surface area contributed by atoms with Crippen LogP contribution in [-0.2, 0) is 4.79 Å². The molecule has 3 N–H and O–H groups in total. The molecule has 0 heterocycles. The van der Waals surface area contributed by atoms with Crippen molar-refractivity contribution in [3.8, 4) is 0 Å². The summed E-state index contributed by atoms with van der Waals surface area (Å²) in [6, 6.07) is -0.394. The van der Waals surface area contributed by atoms with Crippen LogP contribution < -0.4 is 10.6 Å². The summed E-state index contributed by atoms with van der Waals surface area (Å²) in [5.41, 5.74) is 0. The van der Waals surface area contributed by atoms with Gasteiger partial charge in [-0.2, -0.15) is 0 Å². The van der Waals surface area contributed by atoms with Crippen molar-refractivity contribution >= 4 is 12.0 Å². The first kappa shape index (κ1) is 9.83. The minimum absolute atomic E-state index is 0.323. The molecule has 13 heavy (non-hydrogen) atoms. The number of carboxylic acid groups (broad SMARTS) is 1. The summed E-state index contributed by atoms with van der Waals surface area (Å²) >= 11 is 0. The molecule has 0 aromatic rings. The van der Waals surface area contributed by atoms with Gasteiger partial charge in [-0.15, -0.1) is 0 Å².